The molecule has 0 aliphatic rings. The average molecular weight is 185 g/mol. The maximum Gasteiger partial charge on any atom is -0.0142 e. The maximum atomic E-state index is 3.83. The first-order chi connectivity index (χ1) is 5.91. The molecule has 0 saturated carbocycles. The Kier molecular flexibility index (Phi) is 11.2. The van der Waals surface area contributed by atoms with Crippen molar-refractivity contribution < 1.29 is 0 Å². The molecule has 0 nitrogen and oxygen atoms in total. The highest BCUT2D eigenvalue weighted by molar-refractivity contribution is 8.01. The van der Waals surface area contributed by atoms with Gasteiger partial charge in [-0.3, -0.25) is 0 Å². The third-order valence-corrected chi connectivity index (χ3v) is 2.32. The Morgan fingerprint density at radius 1 is 1.08 bits per heavy atom. The van der Waals surface area contributed by atoms with Crippen LogP contribution in [-0.4, -0.2) is 6.26 Å². The quantitative estimate of drug-likeness (QED) is 0.504. The van der Waals surface area contributed by atoms with E-state index >= 15 is 0 Å². The number of allylic oxidation sites excluding steroid dienone is 1. The topological polar surface area (TPSA) is 0 Å². The highest BCUT2D eigenvalue weighted by atomic mass is 32.2. The van der Waals surface area contributed by atoms with E-state index in [0.717, 1.165) is 6.42 Å². The van der Waals surface area contributed by atoms with Crippen molar-refractivity contribution >= 4 is 11.8 Å². The van der Waals surface area contributed by atoms with Gasteiger partial charge in [0.25, 0.3) is 0 Å². The molecule has 1 radical (unpaired) electrons. The third kappa shape index (κ3) is 10.1. The monoisotopic (exact) mass is 185 g/mol. The largest absolute Gasteiger partial charge is 0.138 e. The molecule has 71 valence electrons. The Morgan fingerprint density at radius 3 is 2.42 bits per heavy atom. The Labute approximate surface area is 81.8 Å². The van der Waals surface area contributed by atoms with Crippen molar-refractivity contribution in [2.75, 3.05) is 6.26 Å². The Hall–Kier alpha value is 0.0900. The molecule has 0 aromatic carbocycles. The van der Waals surface area contributed by atoms with E-state index in [1.807, 2.05) is 0 Å². The van der Waals surface area contributed by atoms with E-state index in [2.05, 4.69) is 24.7 Å². The summed E-state index contributed by atoms with van der Waals surface area (Å²) in [6, 6.07) is 0. The summed E-state index contributed by atoms with van der Waals surface area (Å²) in [7, 11) is 0. The number of rotatable bonds is 8. The molecule has 0 N–H and O–H groups in total. The molecule has 0 unspecified atom stereocenters. The molecular weight excluding hydrogens is 164 g/mol. The summed E-state index contributed by atoms with van der Waals surface area (Å²) >= 11 is 1.78. The molecular formula is C11H21S. The van der Waals surface area contributed by atoms with Gasteiger partial charge in [-0.05, 0) is 24.5 Å². The van der Waals surface area contributed by atoms with Crippen LogP contribution in [0.5, 0.6) is 0 Å². The van der Waals surface area contributed by atoms with Gasteiger partial charge >= 0.3 is 0 Å². The van der Waals surface area contributed by atoms with Crippen molar-refractivity contribution in [2.45, 2.75) is 44.9 Å². The zero-order valence-corrected chi connectivity index (χ0v) is 9.04. The number of hydrogen-bond acceptors (Lipinski definition) is 1. The van der Waals surface area contributed by atoms with Gasteiger partial charge in [0.2, 0.25) is 0 Å². The first kappa shape index (κ1) is 12.1. The number of hydrogen-bond donors (Lipinski definition) is 0. The standard InChI is InChI=1S/C11H21S/c1-3-4-5-6-7-8-9-10-11-12-2/h10-11H,1,3-9H2,2H3. The molecule has 0 heterocycles. The summed E-state index contributed by atoms with van der Waals surface area (Å²) < 4.78 is 0. The van der Waals surface area contributed by atoms with Crippen LogP contribution in [0.25, 0.3) is 0 Å². The minimum Gasteiger partial charge on any atom is -0.138 e. The van der Waals surface area contributed by atoms with Crippen LogP contribution in [0.15, 0.2) is 11.5 Å². The molecule has 0 fully saturated rings. The van der Waals surface area contributed by atoms with E-state index in [9.17, 15) is 0 Å². The molecule has 0 aliphatic heterocycles. The fourth-order valence-electron chi connectivity index (χ4n) is 1.13. The van der Waals surface area contributed by atoms with Crippen molar-refractivity contribution in [2.24, 2.45) is 0 Å². The molecule has 0 amide bonds. The van der Waals surface area contributed by atoms with Crippen molar-refractivity contribution in [3.63, 3.8) is 0 Å². The third-order valence-electron chi connectivity index (χ3n) is 1.85. The van der Waals surface area contributed by atoms with Crippen LogP contribution in [0, 0.1) is 6.92 Å². The predicted molar refractivity (Wildman–Crippen MR) is 60.3 cm³/mol. The van der Waals surface area contributed by atoms with Crippen molar-refractivity contribution in [1.82, 2.24) is 0 Å². The van der Waals surface area contributed by atoms with Crippen LogP contribution >= 0.6 is 11.8 Å². The van der Waals surface area contributed by atoms with Gasteiger partial charge in [-0.2, -0.15) is 0 Å². The zero-order valence-electron chi connectivity index (χ0n) is 8.22. The minimum absolute atomic E-state index is 1.10. The highest BCUT2D eigenvalue weighted by Crippen LogP contribution is 2.07. The summed E-state index contributed by atoms with van der Waals surface area (Å²) in [6.07, 6.45) is 13.5. The molecule has 0 saturated heterocycles. The lowest BCUT2D eigenvalue weighted by Crippen LogP contribution is -1.77. The summed E-state index contributed by atoms with van der Waals surface area (Å²) in [5.41, 5.74) is 0. The predicted octanol–water partition coefficient (Wildman–Crippen LogP) is 4.43. The van der Waals surface area contributed by atoms with Crippen LogP contribution < -0.4 is 0 Å². The van der Waals surface area contributed by atoms with Gasteiger partial charge in [0.1, 0.15) is 0 Å². The minimum atomic E-state index is 1.10. The first-order valence-electron chi connectivity index (χ1n) is 4.89. The second kappa shape index (κ2) is 11.1. The van der Waals surface area contributed by atoms with Crippen LogP contribution in [0.2, 0.25) is 0 Å². The fraction of sp³-hybridized carbons (Fsp3) is 0.727. The lowest BCUT2D eigenvalue weighted by atomic mass is 10.1. The van der Waals surface area contributed by atoms with Gasteiger partial charge in [0, 0.05) is 0 Å². The SMILES string of the molecule is [CH2]CCCCCCCC=CSC. The van der Waals surface area contributed by atoms with E-state index in [-0.39, 0.29) is 0 Å². The summed E-state index contributed by atoms with van der Waals surface area (Å²) in [5.74, 6) is 0. The molecule has 0 rings (SSSR count). The van der Waals surface area contributed by atoms with Crippen LogP contribution in [0.4, 0.5) is 0 Å². The number of thioether (sulfide) groups is 1. The molecule has 1 heteroatoms. The van der Waals surface area contributed by atoms with Crippen molar-refractivity contribution in [3.8, 4) is 0 Å². The van der Waals surface area contributed by atoms with E-state index in [1.54, 1.807) is 11.8 Å². The lowest BCUT2D eigenvalue weighted by Gasteiger charge is -1.97. The first-order valence-corrected chi connectivity index (χ1v) is 6.17. The Balaban J connectivity index is 2.86. The number of unbranched alkanes of at least 4 members (excludes halogenated alkanes) is 6. The lowest BCUT2D eigenvalue weighted by molar-refractivity contribution is 0.621. The summed E-state index contributed by atoms with van der Waals surface area (Å²) in [6.45, 7) is 3.83. The van der Waals surface area contributed by atoms with Crippen LogP contribution in [-0.2, 0) is 0 Å². The molecule has 0 atom stereocenters. The molecule has 0 aromatic heterocycles. The van der Waals surface area contributed by atoms with Gasteiger partial charge < -0.3 is 0 Å². The van der Waals surface area contributed by atoms with Crippen LogP contribution in [0.1, 0.15) is 44.9 Å². The second-order valence-corrected chi connectivity index (χ2v) is 3.76. The summed E-state index contributed by atoms with van der Waals surface area (Å²) in [4.78, 5) is 0. The molecule has 0 aliphatic carbocycles. The van der Waals surface area contributed by atoms with Crippen molar-refractivity contribution in [3.05, 3.63) is 18.4 Å². The Bertz CT molecular complexity index is 97.2. The van der Waals surface area contributed by atoms with Crippen molar-refractivity contribution in [1.29, 1.82) is 0 Å². The Morgan fingerprint density at radius 2 is 1.75 bits per heavy atom. The van der Waals surface area contributed by atoms with Gasteiger partial charge in [-0.25, -0.2) is 0 Å². The van der Waals surface area contributed by atoms with Gasteiger partial charge in [-0.1, -0.05) is 45.1 Å². The van der Waals surface area contributed by atoms with E-state index < -0.39 is 0 Å². The maximum absolute atomic E-state index is 3.83. The molecule has 0 spiro atoms. The smallest absolute Gasteiger partial charge is 0.0142 e. The van der Waals surface area contributed by atoms with Gasteiger partial charge in [0.05, 0.1) is 0 Å². The molecule has 0 bridgehead atoms. The normalized spacial score (nSPS) is 11.2. The van der Waals surface area contributed by atoms with Gasteiger partial charge in [0.15, 0.2) is 0 Å². The highest BCUT2D eigenvalue weighted by Gasteiger charge is 1.87. The summed E-state index contributed by atoms with van der Waals surface area (Å²) in [5, 5.41) is 2.18. The van der Waals surface area contributed by atoms with E-state index in [0.29, 0.717) is 0 Å². The van der Waals surface area contributed by atoms with E-state index in [4.69, 9.17) is 0 Å². The van der Waals surface area contributed by atoms with E-state index in [1.165, 1.54) is 38.5 Å². The second-order valence-electron chi connectivity index (χ2n) is 3.02. The average Bonchev–Trinajstić information content (AvgIpc) is 2.10. The van der Waals surface area contributed by atoms with Crippen LogP contribution in [0.3, 0.4) is 0 Å². The fourth-order valence-corrected chi connectivity index (χ4v) is 1.46. The van der Waals surface area contributed by atoms with Gasteiger partial charge in [-0.15, -0.1) is 11.8 Å². The molecule has 12 heavy (non-hydrogen) atoms. The zero-order chi connectivity index (χ0) is 9.07. The molecule has 0 aromatic rings.